The number of nitrogens with zero attached hydrogens (tertiary/aromatic N) is 1. The van der Waals surface area contributed by atoms with Crippen molar-refractivity contribution in [2.45, 2.75) is 6.10 Å². The molecule has 0 aromatic heterocycles. The first-order valence-corrected chi connectivity index (χ1v) is 6.26. The number of carbonyl (C=O) groups is 1. The van der Waals surface area contributed by atoms with E-state index in [0.717, 1.165) is 5.56 Å². The minimum absolute atomic E-state index is 0.228. The Morgan fingerprint density at radius 2 is 2.06 bits per heavy atom. The van der Waals surface area contributed by atoms with Gasteiger partial charge in [-0.25, -0.2) is 4.79 Å². The van der Waals surface area contributed by atoms with E-state index in [1.165, 1.54) is 7.11 Å². The highest BCUT2D eigenvalue weighted by Gasteiger charge is 2.26. The second-order valence-corrected chi connectivity index (χ2v) is 4.85. The summed E-state index contributed by atoms with van der Waals surface area (Å²) in [5, 5.41) is 1.10. The fourth-order valence-corrected chi connectivity index (χ4v) is 2.45. The van der Waals surface area contributed by atoms with Gasteiger partial charge in [-0.2, -0.15) is 0 Å². The highest BCUT2D eigenvalue weighted by Crippen LogP contribution is 2.28. The summed E-state index contributed by atoms with van der Waals surface area (Å²) in [5.41, 5.74) is 0.862. The van der Waals surface area contributed by atoms with Crippen molar-refractivity contribution in [3.05, 3.63) is 33.8 Å². The molecule has 0 N–H and O–H groups in total. The molecule has 1 atom stereocenters. The van der Waals surface area contributed by atoms with Crippen LogP contribution in [0.25, 0.3) is 0 Å². The lowest BCUT2D eigenvalue weighted by atomic mass is 10.1. The number of ether oxygens (including phenoxy) is 2. The zero-order chi connectivity index (χ0) is 13.1. The molecular weight excluding hydrogens is 277 g/mol. The van der Waals surface area contributed by atoms with Crippen LogP contribution in [0.4, 0.5) is 4.79 Å². The Kier molecular flexibility index (Phi) is 4.32. The van der Waals surface area contributed by atoms with E-state index in [1.54, 1.807) is 23.1 Å². The Balaban J connectivity index is 2.15. The standard InChI is InChI=1S/C12H13Cl2NO3/c1-17-12(16)15-2-3-18-11(7-15)8-4-9(13)6-10(14)5-8/h4-6,11H,2-3,7H2,1H3/t11-/m0/s1. The number of morpholine rings is 1. The van der Waals surface area contributed by atoms with Crippen LogP contribution in [0.2, 0.25) is 10.0 Å². The zero-order valence-electron chi connectivity index (χ0n) is 9.86. The molecule has 1 aliphatic heterocycles. The average molecular weight is 290 g/mol. The summed E-state index contributed by atoms with van der Waals surface area (Å²) in [5.74, 6) is 0. The summed E-state index contributed by atoms with van der Waals surface area (Å²) in [6, 6.07) is 5.24. The number of methoxy groups -OCH3 is 1. The molecule has 0 bridgehead atoms. The molecule has 1 aromatic rings. The molecule has 0 spiro atoms. The van der Waals surface area contributed by atoms with E-state index in [1.807, 2.05) is 0 Å². The van der Waals surface area contributed by atoms with Crippen molar-refractivity contribution >= 4 is 29.3 Å². The summed E-state index contributed by atoms with van der Waals surface area (Å²) in [6.07, 6.45) is -0.578. The minimum Gasteiger partial charge on any atom is -0.453 e. The second kappa shape index (κ2) is 5.78. The van der Waals surface area contributed by atoms with Gasteiger partial charge in [-0.1, -0.05) is 23.2 Å². The first-order valence-electron chi connectivity index (χ1n) is 5.50. The molecule has 2 rings (SSSR count). The van der Waals surface area contributed by atoms with Crippen LogP contribution in [0.1, 0.15) is 11.7 Å². The lowest BCUT2D eigenvalue weighted by molar-refractivity contribution is -0.0258. The molecule has 1 fully saturated rings. The Morgan fingerprint density at radius 1 is 1.39 bits per heavy atom. The lowest BCUT2D eigenvalue weighted by Crippen LogP contribution is -2.42. The molecular formula is C12H13Cl2NO3. The average Bonchev–Trinajstić information content (AvgIpc) is 2.37. The van der Waals surface area contributed by atoms with Gasteiger partial charge in [-0.15, -0.1) is 0 Å². The molecule has 1 amide bonds. The lowest BCUT2D eigenvalue weighted by Gasteiger charge is -2.32. The Hall–Kier alpha value is -0.970. The summed E-state index contributed by atoms with van der Waals surface area (Å²) >= 11 is 11.9. The quantitative estimate of drug-likeness (QED) is 0.797. The normalized spacial score (nSPS) is 19.7. The molecule has 1 saturated heterocycles. The van der Waals surface area contributed by atoms with Gasteiger partial charge >= 0.3 is 6.09 Å². The van der Waals surface area contributed by atoms with Crippen molar-refractivity contribution in [1.29, 1.82) is 0 Å². The molecule has 18 heavy (non-hydrogen) atoms. The minimum atomic E-state index is -0.351. The highest BCUT2D eigenvalue weighted by molar-refractivity contribution is 6.34. The first kappa shape index (κ1) is 13.5. The van der Waals surface area contributed by atoms with Gasteiger partial charge in [-0.05, 0) is 23.8 Å². The van der Waals surface area contributed by atoms with Crippen LogP contribution >= 0.6 is 23.2 Å². The number of rotatable bonds is 1. The van der Waals surface area contributed by atoms with Crippen LogP contribution in [0, 0.1) is 0 Å². The largest absolute Gasteiger partial charge is 0.453 e. The Bertz CT molecular complexity index is 433. The van der Waals surface area contributed by atoms with Gasteiger partial charge < -0.3 is 14.4 Å². The molecule has 0 radical (unpaired) electrons. The third-order valence-electron chi connectivity index (χ3n) is 2.76. The summed E-state index contributed by atoms with van der Waals surface area (Å²) in [7, 11) is 1.36. The van der Waals surface area contributed by atoms with E-state index in [0.29, 0.717) is 29.7 Å². The van der Waals surface area contributed by atoms with Gasteiger partial charge in [-0.3, -0.25) is 0 Å². The third-order valence-corrected chi connectivity index (χ3v) is 3.19. The maximum atomic E-state index is 11.5. The van der Waals surface area contributed by atoms with E-state index >= 15 is 0 Å². The molecule has 98 valence electrons. The first-order chi connectivity index (χ1) is 8.60. The van der Waals surface area contributed by atoms with Crippen molar-refractivity contribution in [2.75, 3.05) is 26.8 Å². The maximum absolute atomic E-state index is 11.5. The number of carbonyl (C=O) groups excluding carboxylic acids is 1. The van der Waals surface area contributed by atoms with Gasteiger partial charge in [0.2, 0.25) is 0 Å². The summed E-state index contributed by atoms with van der Waals surface area (Å²) in [6.45, 7) is 1.42. The van der Waals surface area contributed by atoms with Crippen molar-refractivity contribution in [2.24, 2.45) is 0 Å². The Labute approximate surface area is 115 Å². The van der Waals surface area contributed by atoms with Crippen LogP contribution < -0.4 is 0 Å². The van der Waals surface area contributed by atoms with Gasteiger partial charge in [0.15, 0.2) is 0 Å². The van der Waals surface area contributed by atoms with Crippen LogP contribution in [0.3, 0.4) is 0 Å². The molecule has 0 unspecified atom stereocenters. The van der Waals surface area contributed by atoms with Crippen LogP contribution in [-0.2, 0) is 9.47 Å². The number of hydrogen-bond donors (Lipinski definition) is 0. The van der Waals surface area contributed by atoms with Crippen molar-refractivity contribution in [3.63, 3.8) is 0 Å². The fraction of sp³-hybridized carbons (Fsp3) is 0.417. The van der Waals surface area contributed by atoms with Crippen molar-refractivity contribution in [1.82, 2.24) is 4.90 Å². The van der Waals surface area contributed by atoms with E-state index in [2.05, 4.69) is 0 Å². The molecule has 6 heteroatoms. The second-order valence-electron chi connectivity index (χ2n) is 3.98. The predicted molar refractivity (Wildman–Crippen MR) is 69.1 cm³/mol. The van der Waals surface area contributed by atoms with Crippen molar-refractivity contribution < 1.29 is 14.3 Å². The number of amides is 1. The van der Waals surface area contributed by atoms with Crippen LogP contribution in [0.5, 0.6) is 0 Å². The number of halogens is 2. The van der Waals surface area contributed by atoms with E-state index in [9.17, 15) is 4.79 Å². The van der Waals surface area contributed by atoms with E-state index < -0.39 is 0 Å². The predicted octanol–water partition coefficient (Wildman–Crippen LogP) is 3.13. The van der Waals surface area contributed by atoms with E-state index in [-0.39, 0.29) is 12.2 Å². The Morgan fingerprint density at radius 3 is 2.67 bits per heavy atom. The van der Waals surface area contributed by atoms with Crippen molar-refractivity contribution in [3.8, 4) is 0 Å². The zero-order valence-corrected chi connectivity index (χ0v) is 11.4. The third kappa shape index (κ3) is 3.07. The molecule has 1 aromatic carbocycles. The highest BCUT2D eigenvalue weighted by atomic mass is 35.5. The molecule has 4 nitrogen and oxygen atoms in total. The summed E-state index contributed by atoms with van der Waals surface area (Å²) in [4.78, 5) is 13.1. The van der Waals surface area contributed by atoms with Crippen LogP contribution in [-0.4, -0.2) is 37.8 Å². The van der Waals surface area contributed by atoms with Crippen LogP contribution in [0.15, 0.2) is 18.2 Å². The van der Waals surface area contributed by atoms with Gasteiger partial charge in [0.1, 0.15) is 6.10 Å². The topological polar surface area (TPSA) is 38.8 Å². The number of hydrogen-bond acceptors (Lipinski definition) is 3. The smallest absolute Gasteiger partial charge is 0.409 e. The molecule has 0 aliphatic carbocycles. The molecule has 1 aliphatic rings. The van der Waals surface area contributed by atoms with E-state index in [4.69, 9.17) is 32.7 Å². The summed E-state index contributed by atoms with van der Waals surface area (Å²) < 4.78 is 10.3. The van der Waals surface area contributed by atoms with Gasteiger partial charge in [0.25, 0.3) is 0 Å². The van der Waals surface area contributed by atoms with Gasteiger partial charge in [0.05, 0.1) is 20.3 Å². The fourth-order valence-electron chi connectivity index (χ4n) is 1.91. The molecule has 0 saturated carbocycles. The maximum Gasteiger partial charge on any atom is 0.409 e. The monoisotopic (exact) mass is 289 g/mol. The molecule has 1 heterocycles. The number of benzene rings is 1. The SMILES string of the molecule is COC(=O)N1CCO[C@H](c2cc(Cl)cc(Cl)c2)C1. The van der Waals surface area contributed by atoms with Gasteiger partial charge in [0, 0.05) is 16.6 Å².